The average Bonchev–Trinajstić information content (AvgIpc) is 2.03. The van der Waals surface area contributed by atoms with Crippen molar-refractivity contribution < 1.29 is 4.39 Å². The van der Waals surface area contributed by atoms with Gasteiger partial charge in [0.2, 0.25) is 0 Å². The summed E-state index contributed by atoms with van der Waals surface area (Å²) < 4.78 is 13.0. The Morgan fingerprint density at radius 1 is 1.55 bits per heavy atom. The number of rotatable bonds is 2. The predicted octanol–water partition coefficient (Wildman–Crippen LogP) is 3.23. The summed E-state index contributed by atoms with van der Waals surface area (Å²) in [5.41, 5.74) is 1.83. The van der Waals surface area contributed by atoms with Gasteiger partial charge in [0.15, 0.2) is 0 Å². The van der Waals surface area contributed by atoms with Crippen molar-refractivity contribution in [3.8, 4) is 0 Å². The van der Waals surface area contributed by atoms with E-state index in [1.165, 1.54) is 0 Å². The Hall–Kier alpha value is -0.850. The van der Waals surface area contributed by atoms with Crippen molar-refractivity contribution in [3.63, 3.8) is 0 Å². The highest BCUT2D eigenvalue weighted by Gasteiger charge is 2.05. The van der Waals surface area contributed by atoms with Crippen molar-refractivity contribution in [3.05, 3.63) is 42.3 Å². The molecule has 0 fully saturated rings. The summed E-state index contributed by atoms with van der Waals surface area (Å²) in [6.07, 6.45) is -0.599. The minimum atomic E-state index is -0.908. The molecule has 0 spiro atoms. The topological polar surface area (TPSA) is 0 Å². The fourth-order valence-corrected chi connectivity index (χ4v) is 1.03. The Kier molecular flexibility index (Phi) is 2.64. The second-order valence-electron chi connectivity index (χ2n) is 2.67. The Bertz CT molecular complexity index is 230. The minimum Gasteiger partial charge on any atom is -0.242 e. The van der Waals surface area contributed by atoms with E-state index in [4.69, 9.17) is 0 Å². The molecule has 0 aliphatic carbocycles. The molecule has 11 heavy (non-hydrogen) atoms. The molecule has 1 aromatic carbocycles. The third-order valence-corrected chi connectivity index (χ3v) is 1.66. The van der Waals surface area contributed by atoms with Gasteiger partial charge in [-0.3, -0.25) is 0 Å². The molecule has 0 saturated carbocycles. The van der Waals surface area contributed by atoms with Gasteiger partial charge in [0.1, 0.15) is 6.17 Å². The highest BCUT2D eigenvalue weighted by atomic mass is 19.1. The van der Waals surface area contributed by atoms with Gasteiger partial charge in [-0.15, -0.1) is 0 Å². The summed E-state index contributed by atoms with van der Waals surface area (Å²) in [5, 5.41) is 0. The van der Waals surface area contributed by atoms with Crippen LogP contribution in [0.15, 0.2) is 24.3 Å². The van der Waals surface area contributed by atoms with Gasteiger partial charge in [-0.05, 0) is 18.9 Å². The van der Waals surface area contributed by atoms with Crippen molar-refractivity contribution in [1.29, 1.82) is 0 Å². The van der Waals surface area contributed by atoms with Gasteiger partial charge in [-0.2, -0.15) is 0 Å². The first-order valence-corrected chi connectivity index (χ1v) is 3.74. The third kappa shape index (κ3) is 2.04. The minimum absolute atomic E-state index is 0.309. The van der Waals surface area contributed by atoms with Crippen molar-refractivity contribution in [2.45, 2.75) is 19.5 Å². The lowest BCUT2D eigenvalue weighted by Gasteiger charge is -2.04. The van der Waals surface area contributed by atoms with E-state index in [1.54, 1.807) is 6.07 Å². The lowest BCUT2D eigenvalue weighted by molar-refractivity contribution is 0.346. The second kappa shape index (κ2) is 3.51. The first-order valence-electron chi connectivity index (χ1n) is 3.74. The molecule has 0 bridgehead atoms. The Morgan fingerprint density at radius 2 is 2.27 bits per heavy atom. The highest BCUT2D eigenvalue weighted by Crippen LogP contribution is 2.20. The molecular weight excluding hydrogens is 139 g/mol. The number of alkyl halides is 1. The van der Waals surface area contributed by atoms with Crippen LogP contribution in [0.1, 0.15) is 23.7 Å². The lowest BCUT2D eigenvalue weighted by atomic mass is 10.1. The summed E-state index contributed by atoms with van der Waals surface area (Å²) in [6, 6.07) is 7.48. The Morgan fingerprint density at radius 3 is 2.82 bits per heavy atom. The number of halogens is 1. The molecule has 1 rings (SSSR count). The maximum absolute atomic E-state index is 13.0. The quantitative estimate of drug-likeness (QED) is 0.608. The summed E-state index contributed by atoms with van der Waals surface area (Å²) in [5.74, 6) is 0. The zero-order chi connectivity index (χ0) is 8.27. The van der Waals surface area contributed by atoms with Gasteiger partial charge >= 0.3 is 0 Å². The SMILES string of the molecule is [CH2]CC(F)c1cccc(C)c1. The molecule has 0 saturated heterocycles. The van der Waals surface area contributed by atoms with Crippen LogP contribution in [0.25, 0.3) is 0 Å². The van der Waals surface area contributed by atoms with Crippen LogP contribution in [0.2, 0.25) is 0 Å². The molecule has 0 nitrogen and oxygen atoms in total. The van der Waals surface area contributed by atoms with Gasteiger partial charge in [-0.25, -0.2) is 4.39 Å². The molecule has 1 heteroatoms. The average molecular weight is 151 g/mol. The van der Waals surface area contributed by atoms with Crippen LogP contribution >= 0.6 is 0 Å². The summed E-state index contributed by atoms with van der Waals surface area (Å²) >= 11 is 0. The third-order valence-electron chi connectivity index (χ3n) is 1.66. The second-order valence-corrected chi connectivity index (χ2v) is 2.67. The van der Waals surface area contributed by atoms with E-state index in [-0.39, 0.29) is 0 Å². The van der Waals surface area contributed by atoms with E-state index in [0.29, 0.717) is 6.42 Å². The van der Waals surface area contributed by atoms with Crippen LogP contribution in [-0.4, -0.2) is 0 Å². The number of aryl methyl sites for hydroxylation is 1. The van der Waals surface area contributed by atoms with Crippen molar-refractivity contribution in [1.82, 2.24) is 0 Å². The molecule has 0 aliphatic heterocycles. The van der Waals surface area contributed by atoms with Gasteiger partial charge in [0.05, 0.1) is 0 Å². The Labute approximate surface area is 67.1 Å². The van der Waals surface area contributed by atoms with Crippen molar-refractivity contribution in [2.24, 2.45) is 0 Å². The van der Waals surface area contributed by atoms with E-state index < -0.39 is 6.17 Å². The first kappa shape index (κ1) is 8.25. The van der Waals surface area contributed by atoms with E-state index in [9.17, 15) is 4.39 Å². The highest BCUT2D eigenvalue weighted by molar-refractivity contribution is 5.24. The fourth-order valence-electron chi connectivity index (χ4n) is 1.03. The molecule has 1 unspecified atom stereocenters. The maximum Gasteiger partial charge on any atom is 0.125 e. The number of benzene rings is 1. The predicted molar refractivity (Wildman–Crippen MR) is 45.0 cm³/mol. The molecule has 0 N–H and O–H groups in total. The molecular formula is C10H12F. The molecule has 0 heterocycles. The molecule has 0 amide bonds. The molecule has 1 radical (unpaired) electrons. The first-order chi connectivity index (χ1) is 5.24. The molecule has 0 aliphatic rings. The van der Waals surface area contributed by atoms with Gasteiger partial charge in [0.25, 0.3) is 0 Å². The van der Waals surface area contributed by atoms with E-state index >= 15 is 0 Å². The monoisotopic (exact) mass is 151 g/mol. The number of hydrogen-bond acceptors (Lipinski definition) is 0. The summed E-state index contributed by atoms with van der Waals surface area (Å²) in [4.78, 5) is 0. The maximum atomic E-state index is 13.0. The Balaban J connectivity index is 2.86. The number of hydrogen-bond donors (Lipinski definition) is 0. The van der Waals surface area contributed by atoms with Gasteiger partial charge in [0, 0.05) is 0 Å². The van der Waals surface area contributed by atoms with E-state index in [1.807, 2.05) is 25.1 Å². The standard InChI is InChI=1S/C10H12F/c1-3-10(11)9-6-4-5-8(2)7-9/h4-7,10H,1,3H2,2H3. The molecule has 1 atom stereocenters. The van der Waals surface area contributed by atoms with E-state index in [2.05, 4.69) is 6.92 Å². The van der Waals surface area contributed by atoms with Crippen LogP contribution in [0.4, 0.5) is 4.39 Å². The normalized spacial score (nSPS) is 13.0. The summed E-state index contributed by atoms with van der Waals surface area (Å²) in [7, 11) is 0. The fraction of sp³-hybridized carbons (Fsp3) is 0.300. The smallest absolute Gasteiger partial charge is 0.125 e. The van der Waals surface area contributed by atoms with E-state index in [0.717, 1.165) is 11.1 Å². The zero-order valence-corrected chi connectivity index (χ0v) is 6.68. The largest absolute Gasteiger partial charge is 0.242 e. The van der Waals surface area contributed by atoms with Crippen LogP contribution < -0.4 is 0 Å². The molecule has 59 valence electrons. The van der Waals surface area contributed by atoms with Crippen LogP contribution in [-0.2, 0) is 0 Å². The van der Waals surface area contributed by atoms with Crippen LogP contribution in [0.5, 0.6) is 0 Å². The molecule has 1 aromatic rings. The van der Waals surface area contributed by atoms with Gasteiger partial charge in [-0.1, -0.05) is 36.8 Å². The zero-order valence-electron chi connectivity index (χ0n) is 6.68. The van der Waals surface area contributed by atoms with Crippen molar-refractivity contribution in [2.75, 3.05) is 0 Å². The van der Waals surface area contributed by atoms with Crippen LogP contribution in [0, 0.1) is 13.8 Å². The van der Waals surface area contributed by atoms with Gasteiger partial charge < -0.3 is 0 Å². The van der Waals surface area contributed by atoms with Crippen LogP contribution in [0.3, 0.4) is 0 Å². The van der Waals surface area contributed by atoms with Crippen molar-refractivity contribution >= 4 is 0 Å². The lowest BCUT2D eigenvalue weighted by Crippen LogP contribution is -1.89. The molecule has 0 aromatic heterocycles. The summed E-state index contributed by atoms with van der Waals surface area (Å²) in [6.45, 7) is 5.47.